The number of guanidine groups is 1. The van der Waals surface area contributed by atoms with Gasteiger partial charge in [-0.05, 0) is 30.3 Å². The Hall–Kier alpha value is -3.42. The van der Waals surface area contributed by atoms with Crippen LogP contribution in [0.15, 0.2) is 53.5 Å². The average Bonchev–Trinajstić information content (AvgIpc) is 2.84. The molecule has 1 fully saturated rings. The number of hydrogen-bond donors (Lipinski definition) is 2. The van der Waals surface area contributed by atoms with Crippen LogP contribution in [-0.4, -0.2) is 77.3 Å². The van der Waals surface area contributed by atoms with E-state index in [1.807, 2.05) is 24.3 Å². The first-order chi connectivity index (χ1) is 15.2. The highest BCUT2D eigenvalue weighted by molar-refractivity contribution is 5.94. The highest BCUT2D eigenvalue weighted by atomic mass is 16.5. The summed E-state index contributed by atoms with van der Waals surface area (Å²) in [6, 6.07) is 15.2. The number of rotatable bonds is 7. The SMILES string of the molecule is CN=C(NCCNC(=O)c1cccc(OC)c1)N1CCN(c2ccccc2OC)CC1. The molecule has 3 rings (SSSR count). The maximum atomic E-state index is 12.3. The number of anilines is 1. The fourth-order valence-corrected chi connectivity index (χ4v) is 3.60. The summed E-state index contributed by atoms with van der Waals surface area (Å²) in [5.41, 5.74) is 1.70. The normalized spacial score (nSPS) is 14.2. The first-order valence-electron chi connectivity index (χ1n) is 10.4. The maximum absolute atomic E-state index is 12.3. The molecule has 0 aliphatic carbocycles. The van der Waals surface area contributed by atoms with Gasteiger partial charge < -0.3 is 29.9 Å². The minimum Gasteiger partial charge on any atom is -0.497 e. The Morgan fingerprint density at radius 3 is 2.42 bits per heavy atom. The van der Waals surface area contributed by atoms with Gasteiger partial charge in [0, 0.05) is 51.9 Å². The number of piperazine rings is 1. The van der Waals surface area contributed by atoms with Crippen molar-refractivity contribution in [3.63, 3.8) is 0 Å². The first-order valence-corrected chi connectivity index (χ1v) is 10.4. The molecule has 8 nitrogen and oxygen atoms in total. The van der Waals surface area contributed by atoms with Crippen molar-refractivity contribution in [1.82, 2.24) is 15.5 Å². The van der Waals surface area contributed by atoms with Gasteiger partial charge in [0.15, 0.2) is 5.96 Å². The first kappa shape index (κ1) is 22.3. The molecule has 1 saturated heterocycles. The molecule has 1 aliphatic heterocycles. The molecule has 0 atom stereocenters. The van der Waals surface area contributed by atoms with E-state index in [4.69, 9.17) is 9.47 Å². The zero-order valence-corrected chi connectivity index (χ0v) is 18.4. The summed E-state index contributed by atoms with van der Waals surface area (Å²) >= 11 is 0. The molecule has 2 aromatic rings. The van der Waals surface area contributed by atoms with Gasteiger partial charge in [0.05, 0.1) is 19.9 Å². The van der Waals surface area contributed by atoms with E-state index in [-0.39, 0.29) is 5.91 Å². The predicted octanol–water partition coefficient (Wildman–Crippen LogP) is 1.83. The number of amides is 1. The van der Waals surface area contributed by atoms with Crippen LogP contribution in [0.3, 0.4) is 0 Å². The Balaban J connectivity index is 1.44. The number of hydrogen-bond acceptors (Lipinski definition) is 5. The van der Waals surface area contributed by atoms with E-state index in [2.05, 4.69) is 31.5 Å². The highest BCUT2D eigenvalue weighted by Crippen LogP contribution is 2.28. The number of ether oxygens (including phenoxy) is 2. The second-order valence-corrected chi connectivity index (χ2v) is 7.11. The Morgan fingerprint density at radius 2 is 1.71 bits per heavy atom. The minimum atomic E-state index is -0.124. The Labute approximate surface area is 183 Å². The second-order valence-electron chi connectivity index (χ2n) is 7.11. The Morgan fingerprint density at radius 1 is 0.968 bits per heavy atom. The number of methoxy groups -OCH3 is 2. The van der Waals surface area contributed by atoms with E-state index < -0.39 is 0 Å². The monoisotopic (exact) mass is 425 g/mol. The molecule has 0 spiro atoms. The second kappa shape index (κ2) is 11.1. The van der Waals surface area contributed by atoms with Gasteiger partial charge >= 0.3 is 0 Å². The smallest absolute Gasteiger partial charge is 0.251 e. The predicted molar refractivity (Wildman–Crippen MR) is 123 cm³/mol. The Bertz CT molecular complexity index is 894. The van der Waals surface area contributed by atoms with Crippen molar-refractivity contribution in [2.24, 2.45) is 4.99 Å². The van der Waals surface area contributed by atoms with Gasteiger partial charge in [-0.1, -0.05) is 18.2 Å². The van der Waals surface area contributed by atoms with Gasteiger partial charge in [0.25, 0.3) is 5.91 Å². The molecule has 8 heteroatoms. The van der Waals surface area contributed by atoms with Crippen molar-refractivity contribution in [3.05, 3.63) is 54.1 Å². The summed E-state index contributed by atoms with van der Waals surface area (Å²) in [6.07, 6.45) is 0. The minimum absolute atomic E-state index is 0.124. The zero-order valence-electron chi connectivity index (χ0n) is 18.4. The molecule has 1 heterocycles. The van der Waals surface area contributed by atoms with E-state index in [9.17, 15) is 4.79 Å². The molecular weight excluding hydrogens is 394 g/mol. The summed E-state index contributed by atoms with van der Waals surface area (Å²) in [4.78, 5) is 21.3. The number of carbonyl (C=O) groups is 1. The van der Waals surface area contributed by atoms with Crippen LogP contribution in [0.5, 0.6) is 11.5 Å². The number of nitrogens with one attached hydrogen (secondary N) is 2. The molecule has 0 aromatic heterocycles. The summed E-state index contributed by atoms with van der Waals surface area (Å²) in [7, 11) is 5.07. The van der Waals surface area contributed by atoms with Crippen LogP contribution < -0.4 is 25.0 Å². The van der Waals surface area contributed by atoms with Crippen molar-refractivity contribution in [2.45, 2.75) is 0 Å². The fourth-order valence-electron chi connectivity index (χ4n) is 3.60. The molecule has 0 saturated carbocycles. The van der Waals surface area contributed by atoms with E-state index >= 15 is 0 Å². The van der Waals surface area contributed by atoms with Crippen molar-refractivity contribution >= 4 is 17.6 Å². The van der Waals surface area contributed by atoms with Crippen molar-refractivity contribution in [2.75, 3.05) is 65.4 Å². The van der Waals surface area contributed by atoms with Crippen LogP contribution in [0.25, 0.3) is 0 Å². The molecule has 166 valence electrons. The molecule has 0 unspecified atom stereocenters. The van der Waals surface area contributed by atoms with Gasteiger partial charge in [-0.15, -0.1) is 0 Å². The molecule has 2 N–H and O–H groups in total. The van der Waals surface area contributed by atoms with Crippen LogP contribution in [0.4, 0.5) is 5.69 Å². The summed E-state index contributed by atoms with van der Waals surface area (Å²) in [6.45, 7) is 4.56. The lowest BCUT2D eigenvalue weighted by Gasteiger charge is -2.38. The standard InChI is InChI=1S/C23H31N5O3/c1-24-23(26-12-11-25-22(29)18-7-6-8-19(17-18)30-2)28-15-13-27(14-16-28)20-9-4-5-10-21(20)31-3/h4-10,17H,11-16H2,1-3H3,(H,24,26)(H,25,29). The van der Waals surface area contributed by atoms with Gasteiger partial charge in [-0.3, -0.25) is 9.79 Å². The third-order valence-electron chi connectivity index (χ3n) is 5.24. The lowest BCUT2D eigenvalue weighted by atomic mass is 10.2. The molecule has 1 aliphatic rings. The molecule has 0 radical (unpaired) electrons. The van der Waals surface area contributed by atoms with Crippen LogP contribution in [-0.2, 0) is 0 Å². The van der Waals surface area contributed by atoms with E-state index in [0.717, 1.165) is 43.6 Å². The molecule has 0 bridgehead atoms. The van der Waals surface area contributed by atoms with Crippen molar-refractivity contribution in [3.8, 4) is 11.5 Å². The maximum Gasteiger partial charge on any atom is 0.251 e. The largest absolute Gasteiger partial charge is 0.497 e. The number of nitrogens with zero attached hydrogens (tertiary/aromatic N) is 3. The lowest BCUT2D eigenvalue weighted by molar-refractivity contribution is 0.0954. The topological polar surface area (TPSA) is 78.4 Å². The Kier molecular flexibility index (Phi) is 7.98. The third-order valence-corrected chi connectivity index (χ3v) is 5.24. The van der Waals surface area contributed by atoms with Crippen LogP contribution in [0.2, 0.25) is 0 Å². The van der Waals surface area contributed by atoms with Crippen LogP contribution in [0.1, 0.15) is 10.4 Å². The van der Waals surface area contributed by atoms with Gasteiger partial charge in [0.2, 0.25) is 0 Å². The summed E-state index contributed by atoms with van der Waals surface area (Å²) in [5, 5.41) is 6.26. The molecular formula is C23H31N5O3. The molecule has 31 heavy (non-hydrogen) atoms. The number of aliphatic imine (C=N–C) groups is 1. The average molecular weight is 426 g/mol. The highest BCUT2D eigenvalue weighted by Gasteiger charge is 2.21. The zero-order chi connectivity index (χ0) is 22.1. The van der Waals surface area contributed by atoms with E-state index in [1.54, 1.807) is 39.5 Å². The molecule has 2 aromatic carbocycles. The lowest BCUT2D eigenvalue weighted by Crippen LogP contribution is -2.53. The van der Waals surface area contributed by atoms with Crippen molar-refractivity contribution < 1.29 is 14.3 Å². The number of para-hydroxylation sites is 2. The van der Waals surface area contributed by atoms with Crippen LogP contribution >= 0.6 is 0 Å². The van der Waals surface area contributed by atoms with E-state index in [1.165, 1.54) is 0 Å². The molecule has 1 amide bonds. The number of carbonyl (C=O) groups excluding carboxylic acids is 1. The van der Waals surface area contributed by atoms with Gasteiger partial charge in [-0.25, -0.2) is 0 Å². The quantitative estimate of drug-likeness (QED) is 0.400. The van der Waals surface area contributed by atoms with Gasteiger partial charge in [0.1, 0.15) is 11.5 Å². The third kappa shape index (κ3) is 5.81. The van der Waals surface area contributed by atoms with Crippen molar-refractivity contribution in [1.29, 1.82) is 0 Å². The number of benzene rings is 2. The fraction of sp³-hybridized carbons (Fsp3) is 0.391. The van der Waals surface area contributed by atoms with Gasteiger partial charge in [-0.2, -0.15) is 0 Å². The van der Waals surface area contributed by atoms with Crippen LogP contribution in [0, 0.1) is 0 Å². The summed E-state index contributed by atoms with van der Waals surface area (Å²) < 4.78 is 10.7. The summed E-state index contributed by atoms with van der Waals surface area (Å²) in [5.74, 6) is 2.28. The van der Waals surface area contributed by atoms with E-state index in [0.29, 0.717) is 24.4 Å².